The highest BCUT2D eigenvalue weighted by atomic mass is 35.5. The molecule has 0 aliphatic carbocycles. The van der Waals surface area contributed by atoms with Gasteiger partial charge in [-0.15, -0.1) is 0 Å². The Bertz CT molecular complexity index is 1200. The van der Waals surface area contributed by atoms with Gasteiger partial charge in [0, 0.05) is 27.2 Å². The van der Waals surface area contributed by atoms with E-state index in [1.807, 2.05) is 0 Å². The standard InChI is InChI=1S/C19H12Cl4O5S/c20-11-6-13(18(25)17(24)7-11)19(29(26,27)28,10-4-2-1-3-5-10)12-8-15(22)16(23)9-14(12)21/h1-9,24-25H,(H,26,27,28). The van der Waals surface area contributed by atoms with Crippen molar-refractivity contribution in [3.05, 3.63) is 91.4 Å². The Morgan fingerprint density at radius 2 is 1.34 bits per heavy atom. The number of halogens is 4. The molecule has 0 bridgehead atoms. The summed E-state index contributed by atoms with van der Waals surface area (Å²) in [7, 11) is -5.11. The van der Waals surface area contributed by atoms with Crippen LogP contribution in [0.4, 0.5) is 0 Å². The van der Waals surface area contributed by atoms with E-state index in [2.05, 4.69) is 0 Å². The number of hydrogen-bond donors (Lipinski definition) is 3. The maximum absolute atomic E-state index is 13.0. The lowest BCUT2D eigenvalue weighted by Crippen LogP contribution is -2.38. The lowest BCUT2D eigenvalue weighted by atomic mass is 9.83. The number of benzene rings is 3. The summed E-state index contributed by atoms with van der Waals surface area (Å²) < 4.78 is 33.9. The fraction of sp³-hybridized carbons (Fsp3) is 0.0526. The van der Waals surface area contributed by atoms with Crippen LogP contribution in [0.1, 0.15) is 16.7 Å². The van der Waals surface area contributed by atoms with Gasteiger partial charge in [-0.1, -0.05) is 76.7 Å². The van der Waals surface area contributed by atoms with Crippen molar-refractivity contribution in [1.29, 1.82) is 0 Å². The van der Waals surface area contributed by atoms with E-state index >= 15 is 0 Å². The zero-order chi connectivity index (χ0) is 21.6. The molecule has 29 heavy (non-hydrogen) atoms. The van der Waals surface area contributed by atoms with E-state index in [4.69, 9.17) is 46.4 Å². The molecule has 0 saturated carbocycles. The molecule has 152 valence electrons. The number of phenolic OH excluding ortho intramolecular Hbond substituents is 2. The second-order valence-corrected chi connectivity index (χ2v) is 9.31. The van der Waals surface area contributed by atoms with Crippen LogP contribution in [0.15, 0.2) is 54.6 Å². The molecule has 0 heterocycles. The first-order valence-corrected chi connectivity index (χ1v) is 10.8. The third-order valence-electron chi connectivity index (χ3n) is 4.39. The van der Waals surface area contributed by atoms with Gasteiger partial charge in [0.1, 0.15) is 0 Å². The summed E-state index contributed by atoms with van der Waals surface area (Å²) in [5.41, 5.74) is -0.601. The van der Waals surface area contributed by atoms with Crippen molar-refractivity contribution in [3.8, 4) is 11.5 Å². The summed E-state index contributed by atoms with van der Waals surface area (Å²) >= 11 is 24.4. The molecule has 3 aromatic rings. The second kappa shape index (κ2) is 7.87. The van der Waals surface area contributed by atoms with Crippen molar-refractivity contribution >= 4 is 56.5 Å². The Kier molecular flexibility index (Phi) is 5.98. The predicted molar refractivity (Wildman–Crippen MR) is 114 cm³/mol. The summed E-state index contributed by atoms with van der Waals surface area (Å²) in [6, 6.07) is 12.0. The second-order valence-electron chi connectivity index (χ2n) is 6.09. The molecule has 1 atom stereocenters. The molecule has 0 spiro atoms. The topological polar surface area (TPSA) is 94.8 Å². The fourth-order valence-corrected chi connectivity index (χ4v) is 5.47. The van der Waals surface area contributed by atoms with Gasteiger partial charge in [-0.2, -0.15) is 8.42 Å². The van der Waals surface area contributed by atoms with Crippen molar-refractivity contribution in [2.75, 3.05) is 0 Å². The zero-order valence-corrected chi connectivity index (χ0v) is 18.1. The third kappa shape index (κ3) is 3.65. The SMILES string of the molecule is O=S(=O)(O)C(c1ccccc1)(c1cc(Cl)c(Cl)cc1Cl)c1cc(Cl)cc(O)c1O. The summed E-state index contributed by atoms with van der Waals surface area (Å²) in [6.07, 6.45) is 0. The molecule has 1 unspecified atom stereocenters. The van der Waals surface area contributed by atoms with Gasteiger partial charge in [-0.05, 0) is 23.8 Å². The van der Waals surface area contributed by atoms with E-state index in [1.54, 1.807) is 6.07 Å². The fourth-order valence-electron chi connectivity index (χ4n) is 3.20. The maximum atomic E-state index is 13.0. The minimum absolute atomic E-state index is 0.0137. The normalized spacial score (nSPS) is 13.8. The van der Waals surface area contributed by atoms with E-state index in [0.717, 1.165) is 12.1 Å². The minimum atomic E-state index is -5.11. The molecule has 0 radical (unpaired) electrons. The molecule has 3 aromatic carbocycles. The van der Waals surface area contributed by atoms with E-state index in [0.29, 0.717) is 0 Å². The van der Waals surface area contributed by atoms with Gasteiger partial charge >= 0.3 is 0 Å². The first-order chi connectivity index (χ1) is 13.5. The van der Waals surface area contributed by atoms with Crippen molar-refractivity contribution in [3.63, 3.8) is 0 Å². The molecule has 3 rings (SSSR count). The Labute approximate surface area is 186 Å². The molecule has 10 heteroatoms. The van der Waals surface area contributed by atoms with Crippen LogP contribution in [-0.2, 0) is 14.9 Å². The van der Waals surface area contributed by atoms with Gasteiger partial charge in [-0.3, -0.25) is 4.55 Å². The molecule has 0 aliphatic rings. The van der Waals surface area contributed by atoms with Gasteiger partial charge in [0.2, 0.25) is 0 Å². The Morgan fingerprint density at radius 3 is 1.93 bits per heavy atom. The number of phenols is 2. The molecule has 0 aromatic heterocycles. The largest absolute Gasteiger partial charge is 0.504 e. The van der Waals surface area contributed by atoms with E-state index in [1.165, 1.54) is 36.4 Å². The quantitative estimate of drug-likeness (QED) is 0.182. The highest BCUT2D eigenvalue weighted by molar-refractivity contribution is 7.87. The van der Waals surface area contributed by atoms with Crippen LogP contribution >= 0.6 is 46.4 Å². The van der Waals surface area contributed by atoms with E-state index in [9.17, 15) is 23.2 Å². The monoisotopic (exact) mass is 492 g/mol. The highest BCUT2D eigenvalue weighted by Crippen LogP contribution is 2.52. The van der Waals surface area contributed by atoms with Crippen LogP contribution in [0.25, 0.3) is 0 Å². The van der Waals surface area contributed by atoms with Crippen LogP contribution in [0.5, 0.6) is 11.5 Å². The molecule has 0 aliphatic heterocycles. The smallest absolute Gasteiger partial charge is 0.283 e. The van der Waals surface area contributed by atoms with Crippen molar-refractivity contribution in [2.24, 2.45) is 0 Å². The maximum Gasteiger partial charge on any atom is 0.283 e. The van der Waals surface area contributed by atoms with Crippen LogP contribution in [0.3, 0.4) is 0 Å². The summed E-state index contributed by atoms with van der Waals surface area (Å²) in [4.78, 5) is 0. The molecular weight excluding hydrogens is 482 g/mol. The number of aromatic hydroxyl groups is 2. The predicted octanol–water partition coefficient (Wildman–Crippen LogP) is 5.89. The van der Waals surface area contributed by atoms with Gasteiger partial charge < -0.3 is 10.2 Å². The number of hydrogen-bond acceptors (Lipinski definition) is 4. The lowest BCUT2D eigenvalue weighted by Gasteiger charge is -2.34. The molecule has 0 amide bonds. The Hall–Kier alpha value is -1.67. The molecule has 0 saturated heterocycles. The van der Waals surface area contributed by atoms with Crippen LogP contribution in [0, 0.1) is 0 Å². The van der Waals surface area contributed by atoms with Crippen LogP contribution < -0.4 is 0 Å². The van der Waals surface area contributed by atoms with Gasteiger partial charge in [0.15, 0.2) is 16.2 Å². The van der Waals surface area contributed by atoms with Gasteiger partial charge in [-0.25, -0.2) is 0 Å². The van der Waals surface area contributed by atoms with Gasteiger partial charge in [0.25, 0.3) is 10.1 Å². The summed E-state index contributed by atoms with van der Waals surface area (Å²) in [5.74, 6) is -1.49. The first-order valence-electron chi connectivity index (χ1n) is 7.89. The molecular formula is C19H12Cl4O5S. The minimum Gasteiger partial charge on any atom is -0.504 e. The zero-order valence-electron chi connectivity index (χ0n) is 14.3. The Morgan fingerprint density at radius 1 is 0.759 bits per heavy atom. The average molecular weight is 494 g/mol. The Balaban J connectivity index is 2.64. The molecule has 5 nitrogen and oxygen atoms in total. The first kappa shape index (κ1) is 22.0. The third-order valence-corrected chi connectivity index (χ3v) is 7.09. The lowest BCUT2D eigenvalue weighted by molar-refractivity contribution is 0.394. The van der Waals surface area contributed by atoms with Crippen LogP contribution in [-0.4, -0.2) is 23.2 Å². The van der Waals surface area contributed by atoms with Crippen molar-refractivity contribution in [1.82, 2.24) is 0 Å². The average Bonchev–Trinajstić information content (AvgIpc) is 2.63. The molecule has 3 N–H and O–H groups in total. The highest BCUT2D eigenvalue weighted by Gasteiger charge is 2.52. The van der Waals surface area contributed by atoms with Crippen molar-refractivity contribution in [2.45, 2.75) is 4.75 Å². The van der Waals surface area contributed by atoms with E-state index < -0.39 is 31.9 Å². The summed E-state index contributed by atoms with van der Waals surface area (Å²) in [5, 5.41) is 20.4. The summed E-state index contributed by atoms with van der Waals surface area (Å²) in [6.45, 7) is 0. The van der Waals surface area contributed by atoms with Crippen LogP contribution in [0.2, 0.25) is 20.1 Å². The van der Waals surface area contributed by atoms with Gasteiger partial charge in [0.05, 0.1) is 10.0 Å². The van der Waals surface area contributed by atoms with E-state index in [-0.39, 0.29) is 31.2 Å². The molecule has 0 fully saturated rings. The number of rotatable bonds is 4. The van der Waals surface area contributed by atoms with Crippen molar-refractivity contribution < 1.29 is 23.2 Å².